The Morgan fingerprint density at radius 1 is 1.58 bits per heavy atom. The molecule has 72 valence electrons. The fourth-order valence-electron chi connectivity index (χ4n) is 0.752. The molecule has 0 fully saturated rings. The van der Waals surface area contributed by atoms with Crippen molar-refractivity contribution in [1.29, 1.82) is 0 Å². The zero-order valence-electron chi connectivity index (χ0n) is 8.02. The largest absolute Gasteiger partial charge is 0.358 e. The second kappa shape index (κ2) is 7.43. The lowest BCUT2D eigenvalue weighted by Gasteiger charge is -2.11. The molecule has 4 heteroatoms. The molecule has 0 bridgehead atoms. The highest BCUT2D eigenvalue weighted by molar-refractivity contribution is 7.98. The molecule has 0 aliphatic carbocycles. The van der Waals surface area contributed by atoms with Crippen molar-refractivity contribution < 1.29 is 4.79 Å². The molecule has 1 atom stereocenters. The number of hydrogen-bond acceptors (Lipinski definition) is 3. The van der Waals surface area contributed by atoms with Gasteiger partial charge in [-0.15, -0.1) is 0 Å². The van der Waals surface area contributed by atoms with E-state index in [1.165, 1.54) is 0 Å². The summed E-state index contributed by atoms with van der Waals surface area (Å²) in [5.74, 6) is 1.19. The van der Waals surface area contributed by atoms with E-state index in [4.69, 9.17) is 0 Å². The molecule has 0 aliphatic rings. The van der Waals surface area contributed by atoms with Gasteiger partial charge in [-0.05, 0) is 25.4 Å². The SMILES string of the molecule is CNC(=O)CNC(C)CCSC. The molecule has 3 nitrogen and oxygen atoms in total. The van der Waals surface area contributed by atoms with E-state index < -0.39 is 0 Å². The lowest BCUT2D eigenvalue weighted by molar-refractivity contribution is -0.119. The minimum atomic E-state index is 0.0472. The van der Waals surface area contributed by atoms with Crippen molar-refractivity contribution in [2.45, 2.75) is 19.4 Å². The highest BCUT2D eigenvalue weighted by atomic mass is 32.2. The molecule has 1 amide bonds. The molecule has 0 aliphatic heterocycles. The van der Waals surface area contributed by atoms with Crippen molar-refractivity contribution in [2.24, 2.45) is 0 Å². The molecule has 0 aromatic carbocycles. The number of thioether (sulfide) groups is 1. The van der Waals surface area contributed by atoms with Crippen LogP contribution in [0, 0.1) is 0 Å². The summed E-state index contributed by atoms with van der Waals surface area (Å²) >= 11 is 1.83. The number of hydrogen-bond donors (Lipinski definition) is 2. The fourth-order valence-corrected chi connectivity index (χ4v) is 1.34. The van der Waals surface area contributed by atoms with Crippen LogP contribution in [0.3, 0.4) is 0 Å². The first-order chi connectivity index (χ1) is 5.70. The second-order valence-electron chi connectivity index (χ2n) is 2.74. The molecule has 0 aromatic rings. The van der Waals surface area contributed by atoms with Gasteiger partial charge in [0.05, 0.1) is 6.54 Å². The lowest BCUT2D eigenvalue weighted by atomic mass is 10.2. The molecule has 0 aromatic heterocycles. The maximum atomic E-state index is 10.8. The molecule has 0 spiro atoms. The van der Waals surface area contributed by atoms with E-state index in [2.05, 4.69) is 23.8 Å². The number of amides is 1. The van der Waals surface area contributed by atoms with Crippen molar-refractivity contribution in [3.63, 3.8) is 0 Å². The van der Waals surface area contributed by atoms with Crippen molar-refractivity contribution in [3.8, 4) is 0 Å². The maximum Gasteiger partial charge on any atom is 0.233 e. The van der Waals surface area contributed by atoms with Gasteiger partial charge in [-0.2, -0.15) is 11.8 Å². The quantitative estimate of drug-likeness (QED) is 0.639. The van der Waals surface area contributed by atoms with Gasteiger partial charge in [0.2, 0.25) is 5.91 Å². The lowest BCUT2D eigenvalue weighted by Crippen LogP contribution is -2.36. The van der Waals surface area contributed by atoms with E-state index in [-0.39, 0.29) is 5.91 Å². The third-order valence-electron chi connectivity index (χ3n) is 1.64. The highest BCUT2D eigenvalue weighted by Gasteiger charge is 2.02. The van der Waals surface area contributed by atoms with E-state index in [0.29, 0.717) is 12.6 Å². The molecule has 2 N–H and O–H groups in total. The molecular formula is C8H18N2OS. The van der Waals surface area contributed by atoms with Gasteiger partial charge < -0.3 is 10.6 Å². The summed E-state index contributed by atoms with van der Waals surface area (Å²) in [7, 11) is 1.65. The van der Waals surface area contributed by atoms with Crippen LogP contribution in [-0.4, -0.2) is 37.6 Å². The van der Waals surface area contributed by atoms with Crippen LogP contribution in [0.1, 0.15) is 13.3 Å². The number of carbonyl (C=O) groups excluding carboxylic acids is 1. The molecule has 0 radical (unpaired) electrons. The van der Waals surface area contributed by atoms with Gasteiger partial charge in [-0.1, -0.05) is 0 Å². The van der Waals surface area contributed by atoms with Crippen LogP contribution in [0.25, 0.3) is 0 Å². The summed E-state index contributed by atoms with van der Waals surface area (Å²) in [6.07, 6.45) is 3.20. The molecule has 12 heavy (non-hydrogen) atoms. The van der Waals surface area contributed by atoms with Crippen LogP contribution in [0.2, 0.25) is 0 Å². The normalized spacial score (nSPS) is 12.6. The summed E-state index contributed by atoms with van der Waals surface area (Å²) < 4.78 is 0. The van der Waals surface area contributed by atoms with Crippen LogP contribution in [0.15, 0.2) is 0 Å². The number of rotatable bonds is 6. The van der Waals surface area contributed by atoms with Gasteiger partial charge >= 0.3 is 0 Å². The number of nitrogens with one attached hydrogen (secondary N) is 2. The molecular weight excluding hydrogens is 172 g/mol. The van der Waals surface area contributed by atoms with Crippen LogP contribution >= 0.6 is 11.8 Å². The summed E-state index contributed by atoms with van der Waals surface area (Å²) in [6.45, 7) is 2.52. The molecule has 0 rings (SSSR count). The first-order valence-corrected chi connectivity index (χ1v) is 5.53. The average Bonchev–Trinajstić information content (AvgIpc) is 2.10. The topological polar surface area (TPSA) is 41.1 Å². The van der Waals surface area contributed by atoms with Crippen LogP contribution < -0.4 is 10.6 Å². The monoisotopic (exact) mass is 190 g/mol. The Bertz CT molecular complexity index is 130. The summed E-state index contributed by atoms with van der Waals surface area (Å²) in [6, 6.07) is 0.426. The Hall–Kier alpha value is -0.220. The van der Waals surface area contributed by atoms with E-state index in [1.807, 2.05) is 11.8 Å². The third kappa shape index (κ3) is 6.49. The van der Waals surface area contributed by atoms with Crippen molar-refractivity contribution in [1.82, 2.24) is 10.6 Å². The fraction of sp³-hybridized carbons (Fsp3) is 0.875. The Morgan fingerprint density at radius 2 is 2.25 bits per heavy atom. The van der Waals surface area contributed by atoms with Gasteiger partial charge in [0, 0.05) is 13.1 Å². The van der Waals surface area contributed by atoms with Gasteiger partial charge in [0.1, 0.15) is 0 Å². The average molecular weight is 190 g/mol. The Balaban J connectivity index is 3.30. The highest BCUT2D eigenvalue weighted by Crippen LogP contribution is 1.98. The standard InChI is InChI=1S/C8H18N2OS/c1-7(4-5-12-3)10-6-8(11)9-2/h7,10H,4-6H2,1-3H3,(H,9,11). The van der Waals surface area contributed by atoms with E-state index in [0.717, 1.165) is 12.2 Å². The van der Waals surface area contributed by atoms with E-state index in [1.54, 1.807) is 7.05 Å². The summed E-state index contributed by atoms with van der Waals surface area (Å²) in [5, 5.41) is 5.71. The van der Waals surface area contributed by atoms with Crippen molar-refractivity contribution >= 4 is 17.7 Å². The van der Waals surface area contributed by atoms with Gasteiger partial charge in [-0.3, -0.25) is 4.79 Å². The van der Waals surface area contributed by atoms with Gasteiger partial charge in [0.15, 0.2) is 0 Å². The minimum Gasteiger partial charge on any atom is -0.358 e. The molecule has 0 saturated carbocycles. The van der Waals surface area contributed by atoms with Crippen molar-refractivity contribution in [2.75, 3.05) is 25.6 Å². The van der Waals surface area contributed by atoms with E-state index >= 15 is 0 Å². The molecule has 0 saturated heterocycles. The van der Waals surface area contributed by atoms with Gasteiger partial charge in [-0.25, -0.2) is 0 Å². The smallest absolute Gasteiger partial charge is 0.233 e. The predicted molar refractivity (Wildman–Crippen MR) is 54.5 cm³/mol. The second-order valence-corrected chi connectivity index (χ2v) is 3.72. The zero-order valence-corrected chi connectivity index (χ0v) is 8.83. The van der Waals surface area contributed by atoms with Gasteiger partial charge in [0.25, 0.3) is 0 Å². The molecule has 1 unspecified atom stereocenters. The molecule has 0 heterocycles. The zero-order chi connectivity index (χ0) is 9.40. The predicted octanol–water partition coefficient (Wildman–Crippen LogP) is 0.464. The summed E-state index contributed by atoms with van der Waals surface area (Å²) in [5.41, 5.74) is 0. The Labute approximate surface area is 78.7 Å². The Kier molecular flexibility index (Phi) is 7.29. The van der Waals surface area contributed by atoms with Crippen LogP contribution in [-0.2, 0) is 4.79 Å². The maximum absolute atomic E-state index is 10.8. The minimum absolute atomic E-state index is 0.0472. The van der Waals surface area contributed by atoms with Crippen LogP contribution in [0.5, 0.6) is 0 Å². The van der Waals surface area contributed by atoms with E-state index in [9.17, 15) is 4.79 Å². The summed E-state index contributed by atoms with van der Waals surface area (Å²) in [4.78, 5) is 10.8. The first-order valence-electron chi connectivity index (χ1n) is 4.13. The van der Waals surface area contributed by atoms with Crippen molar-refractivity contribution in [3.05, 3.63) is 0 Å². The first kappa shape index (κ1) is 11.8. The number of carbonyl (C=O) groups is 1. The van der Waals surface area contributed by atoms with Crippen LogP contribution in [0.4, 0.5) is 0 Å². The Morgan fingerprint density at radius 3 is 2.75 bits per heavy atom. The third-order valence-corrected chi connectivity index (χ3v) is 2.29. The number of likely N-dealkylation sites (N-methyl/N-ethyl adjacent to an activating group) is 1.